The van der Waals surface area contributed by atoms with Crippen molar-refractivity contribution in [3.63, 3.8) is 0 Å². The van der Waals surface area contributed by atoms with Crippen molar-refractivity contribution in [3.8, 4) is 5.69 Å². The lowest BCUT2D eigenvalue weighted by Crippen LogP contribution is -2.42. The molecule has 6 nitrogen and oxygen atoms in total. The highest BCUT2D eigenvalue weighted by molar-refractivity contribution is 6.37. The molecule has 1 amide bonds. The predicted molar refractivity (Wildman–Crippen MR) is 111 cm³/mol. The second-order valence-corrected chi connectivity index (χ2v) is 7.15. The van der Waals surface area contributed by atoms with Crippen LogP contribution in [0.2, 0.25) is 10.0 Å². The number of nitrogens with one attached hydrogen (secondary N) is 1. The SMILES string of the molecule is CCCN(C(=O)c1nc(CC)n(-c2c(Cl)cccc2Cl)n1)C1CCNC1.Cl. The Morgan fingerprint density at radius 2 is 2.04 bits per heavy atom. The highest BCUT2D eigenvalue weighted by Gasteiger charge is 2.30. The van der Waals surface area contributed by atoms with E-state index in [0.717, 1.165) is 25.9 Å². The van der Waals surface area contributed by atoms with Gasteiger partial charge in [-0.25, -0.2) is 9.67 Å². The Hall–Kier alpha value is -1.34. The number of halogens is 3. The monoisotopic (exact) mass is 431 g/mol. The third kappa shape index (κ3) is 4.57. The quantitative estimate of drug-likeness (QED) is 0.754. The van der Waals surface area contributed by atoms with Crippen LogP contribution >= 0.6 is 35.6 Å². The third-order valence-electron chi connectivity index (χ3n) is 4.53. The van der Waals surface area contributed by atoms with Crippen molar-refractivity contribution in [2.75, 3.05) is 19.6 Å². The van der Waals surface area contributed by atoms with Gasteiger partial charge in [0.15, 0.2) is 0 Å². The van der Waals surface area contributed by atoms with E-state index in [2.05, 4.69) is 22.3 Å². The average molecular weight is 433 g/mol. The van der Waals surface area contributed by atoms with Crippen LogP contribution in [0.1, 0.15) is 43.1 Å². The maximum atomic E-state index is 13.1. The third-order valence-corrected chi connectivity index (χ3v) is 5.14. The molecule has 9 heteroatoms. The summed E-state index contributed by atoms with van der Waals surface area (Å²) in [6.07, 6.45) is 2.45. The Kier molecular flexibility index (Phi) is 7.91. The number of rotatable bonds is 6. The second-order valence-electron chi connectivity index (χ2n) is 6.33. The molecule has 0 aliphatic carbocycles. The molecule has 1 saturated heterocycles. The first-order chi connectivity index (χ1) is 12.6. The van der Waals surface area contributed by atoms with E-state index in [-0.39, 0.29) is 30.2 Å². The van der Waals surface area contributed by atoms with Gasteiger partial charge >= 0.3 is 0 Å². The normalized spacial score (nSPS) is 16.2. The number of carbonyl (C=O) groups is 1. The molecule has 1 N–H and O–H groups in total. The zero-order chi connectivity index (χ0) is 18.7. The zero-order valence-electron chi connectivity index (χ0n) is 15.4. The van der Waals surface area contributed by atoms with E-state index in [1.54, 1.807) is 22.9 Å². The lowest BCUT2D eigenvalue weighted by atomic mass is 10.2. The van der Waals surface area contributed by atoms with E-state index in [1.807, 2.05) is 11.8 Å². The minimum atomic E-state index is -0.142. The summed E-state index contributed by atoms with van der Waals surface area (Å²) in [6, 6.07) is 5.46. The lowest BCUT2D eigenvalue weighted by molar-refractivity contribution is 0.0679. The van der Waals surface area contributed by atoms with Crippen LogP contribution in [0.5, 0.6) is 0 Å². The number of para-hydroxylation sites is 1. The van der Waals surface area contributed by atoms with Gasteiger partial charge in [0.25, 0.3) is 5.91 Å². The molecule has 1 atom stereocenters. The number of amides is 1. The van der Waals surface area contributed by atoms with Gasteiger partial charge < -0.3 is 10.2 Å². The molecule has 0 spiro atoms. The van der Waals surface area contributed by atoms with Crippen molar-refractivity contribution in [3.05, 3.63) is 39.9 Å². The number of nitrogens with zero attached hydrogens (tertiary/aromatic N) is 4. The second kappa shape index (κ2) is 9.73. The fourth-order valence-electron chi connectivity index (χ4n) is 3.26. The number of benzene rings is 1. The van der Waals surface area contributed by atoms with Gasteiger partial charge in [0, 0.05) is 25.6 Å². The number of aryl methyl sites for hydroxylation is 1. The zero-order valence-corrected chi connectivity index (χ0v) is 17.7. The van der Waals surface area contributed by atoms with Crippen LogP contribution in [0.3, 0.4) is 0 Å². The van der Waals surface area contributed by atoms with Gasteiger partial charge in [-0.3, -0.25) is 4.79 Å². The van der Waals surface area contributed by atoms with Gasteiger partial charge in [0.2, 0.25) is 5.82 Å². The molecule has 3 rings (SSSR count). The van der Waals surface area contributed by atoms with Gasteiger partial charge in [-0.1, -0.05) is 43.1 Å². The molecule has 2 aromatic rings. The number of carbonyl (C=O) groups excluding carboxylic acids is 1. The summed E-state index contributed by atoms with van der Waals surface area (Å²) in [5, 5.41) is 8.73. The first-order valence-corrected chi connectivity index (χ1v) is 9.74. The van der Waals surface area contributed by atoms with Crippen molar-refractivity contribution in [1.82, 2.24) is 25.0 Å². The number of hydrogen-bond acceptors (Lipinski definition) is 4. The molecule has 1 aliphatic heterocycles. The smallest absolute Gasteiger partial charge is 0.293 e. The average Bonchev–Trinajstić information content (AvgIpc) is 3.29. The van der Waals surface area contributed by atoms with Gasteiger partial charge in [0.1, 0.15) is 11.5 Å². The maximum absolute atomic E-state index is 13.1. The molecule has 148 valence electrons. The number of aromatic nitrogens is 3. The summed E-state index contributed by atoms with van der Waals surface area (Å²) < 4.78 is 1.59. The van der Waals surface area contributed by atoms with Crippen molar-refractivity contribution in [2.24, 2.45) is 0 Å². The van der Waals surface area contributed by atoms with Crippen molar-refractivity contribution in [1.29, 1.82) is 0 Å². The highest BCUT2D eigenvalue weighted by Crippen LogP contribution is 2.29. The Balaban J connectivity index is 0.00000261. The van der Waals surface area contributed by atoms with Crippen molar-refractivity contribution < 1.29 is 4.79 Å². The van der Waals surface area contributed by atoms with Crippen LogP contribution in [0.4, 0.5) is 0 Å². The Morgan fingerprint density at radius 1 is 1.33 bits per heavy atom. The van der Waals surface area contributed by atoms with E-state index in [0.29, 0.717) is 34.5 Å². The van der Waals surface area contributed by atoms with Crippen LogP contribution in [-0.2, 0) is 6.42 Å². The summed E-state index contributed by atoms with van der Waals surface area (Å²) in [4.78, 5) is 19.5. The molecule has 0 radical (unpaired) electrons. The predicted octanol–water partition coefficient (Wildman–Crippen LogP) is 3.77. The first kappa shape index (κ1) is 22.0. The number of hydrogen-bond donors (Lipinski definition) is 1. The molecule has 1 fully saturated rings. The Morgan fingerprint density at radius 3 is 2.59 bits per heavy atom. The molecule has 1 aromatic carbocycles. The molecule has 0 saturated carbocycles. The molecule has 1 unspecified atom stereocenters. The topological polar surface area (TPSA) is 63.1 Å². The molecular formula is C18H24Cl3N5O. The summed E-state index contributed by atoms with van der Waals surface area (Å²) in [5.41, 5.74) is 0.559. The van der Waals surface area contributed by atoms with Crippen LogP contribution < -0.4 is 5.32 Å². The van der Waals surface area contributed by atoms with E-state index >= 15 is 0 Å². The molecular weight excluding hydrogens is 409 g/mol. The summed E-state index contributed by atoms with van der Waals surface area (Å²) >= 11 is 12.6. The summed E-state index contributed by atoms with van der Waals surface area (Å²) in [7, 11) is 0. The van der Waals surface area contributed by atoms with E-state index in [4.69, 9.17) is 23.2 Å². The lowest BCUT2D eigenvalue weighted by Gasteiger charge is -2.26. The largest absolute Gasteiger partial charge is 0.332 e. The minimum Gasteiger partial charge on any atom is -0.332 e. The molecule has 1 aliphatic rings. The first-order valence-electron chi connectivity index (χ1n) is 8.98. The van der Waals surface area contributed by atoms with Crippen LogP contribution in [-0.4, -0.2) is 51.2 Å². The van der Waals surface area contributed by atoms with Gasteiger partial charge in [-0.2, -0.15) is 0 Å². The summed E-state index contributed by atoms with van der Waals surface area (Å²) in [6.45, 7) is 6.45. The van der Waals surface area contributed by atoms with E-state index < -0.39 is 0 Å². The van der Waals surface area contributed by atoms with Crippen LogP contribution in [0.25, 0.3) is 5.69 Å². The fourth-order valence-corrected chi connectivity index (χ4v) is 3.82. The molecule has 27 heavy (non-hydrogen) atoms. The van der Waals surface area contributed by atoms with Gasteiger partial charge in [-0.05, 0) is 31.5 Å². The van der Waals surface area contributed by atoms with E-state index in [9.17, 15) is 4.79 Å². The molecule has 1 aromatic heterocycles. The Labute approximate surface area is 175 Å². The summed E-state index contributed by atoms with van der Waals surface area (Å²) in [5.74, 6) is 0.708. The molecule has 0 bridgehead atoms. The van der Waals surface area contributed by atoms with Gasteiger partial charge in [-0.15, -0.1) is 17.5 Å². The highest BCUT2D eigenvalue weighted by atomic mass is 35.5. The van der Waals surface area contributed by atoms with Crippen molar-refractivity contribution in [2.45, 2.75) is 39.2 Å². The fraction of sp³-hybridized carbons (Fsp3) is 0.500. The van der Waals surface area contributed by atoms with E-state index in [1.165, 1.54) is 0 Å². The van der Waals surface area contributed by atoms with Crippen molar-refractivity contribution >= 4 is 41.5 Å². The minimum absolute atomic E-state index is 0. The van der Waals surface area contributed by atoms with Gasteiger partial charge in [0.05, 0.1) is 10.0 Å². The standard InChI is InChI=1S/C18H23Cl2N5O.ClH/c1-3-10-24(12-8-9-21-11-12)18(26)17-22-15(4-2)25(23-17)16-13(19)6-5-7-14(16)20;/h5-7,12,21H,3-4,8-11H2,1-2H3;1H. The maximum Gasteiger partial charge on any atom is 0.293 e. The Bertz CT molecular complexity index is 769. The molecule has 2 heterocycles. The van der Waals surface area contributed by atoms with Crippen LogP contribution in [0.15, 0.2) is 18.2 Å². The van der Waals surface area contributed by atoms with Crippen LogP contribution in [0, 0.1) is 0 Å².